The molecule has 0 amide bonds. The summed E-state index contributed by atoms with van der Waals surface area (Å²) in [6, 6.07) is 4.97. The van der Waals surface area contributed by atoms with E-state index in [0.29, 0.717) is 4.47 Å². The van der Waals surface area contributed by atoms with E-state index in [1.165, 1.54) is 12.1 Å². The first kappa shape index (κ1) is 11.5. The Labute approximate surface area is 86.7 Å². The average Bonchev–Trinajstić information content (AvgIpc) is 2.03. The number of alkyl halides is 3. The van der Waals surface area contributed by atoms with E-state index in [2.05, 4.69) is 15.9 Å². The molecular weight excluding hydrogens is 263 g/mol. The van der Waals surface area contributed by atoms with Crippen LogP contribution in [-0.2, 0) is 5.72 Å². The molecule has 0 saturated carbocycles. The number of nitrogens with two attached hydrogens (primary N) is 1. The van der Waals surface area contributed by atoms with Crippen molar-refractivity contribution in [3.63, 3.8) is 0 Å². The molecular formula is C8H7BrF3NO. The molecule has 0 spiro atoms. The standard InChI is InChI=1S/C8H7BrF3NO/c9-6-3-1-5(2-4-6)7(13,14)8(10,11)12/h1-4,14H,13H2/t7-/m0/s1. The van der Waals surface area contributed by atoms with Crippen molar-refractivity contribution in [1.29, 1.82) is 0 Å². The van der Waals surface area contributed by atoms with E-state index in [0.717, 1.165) is 12.1 Å². The summed E-state index contributed by atoms with van der Waals surface area (Å²) >= 11 is 3.06. The van der Waals surface area contributed by atoms with Gasteiger partial charge in [-0.3, -0.25) is 5.73 Å². The van der Waals surface area contributed by atoms with Crippen LogP contribution in [-0.4, -0.2) is 11.3 Å². The molecule has 0 bridgehead atoms. The van der Waals surface area contributed by atoms with Gasteiger partial charge in [-0.05, 0) is 12.1 Å². The molecule has 1 atom stereocenters. The van der Waals surface area contributed by atoms with Gasteiger partial charge >= 0.3 is 6.18 Å². The van der Waals surface area contributed by atoms with Crippen molar-refractivity contribution in [3.8, 4) is 0 Å². The van der Waals surface area contributed by atoms with Gasteiger partial charge in [-0.25, -0.2) is 0 Å². The van der Waals surface area contributed by atoms with Crippen LogP contribution in [0.1, 0.15) is 5.56 Å². The van der Waals surface area contributed by atoms with E-state index in [4.69, 9.17) is 10.8 Å². The third-order valence-electron chi connectivity index (χ3n) is 1.72. The number of rotatable bonds is 1. The molecule has 0 heterocycles. The van der Waals surface area contributed by atoms with Crippen molar-refractivity contribution in [2.45, 2.75) is 11.9 Å². The number of benzene rings is 1. The maximum Gasteiger partial charge on any atom is 0.435 e. The van der Waals surface area contributed by atoms with Gasteiger partial charge < -0.3 is 5.11 Å². The second-order valence-corrected chi connectivity index (χ2v) is 3.69. The fourth-order valence-electron chi connectivity index (χ4n) is 0.868. The van der Waals surface area contributed by atoms with E-state index >= 15 is 0 Å². The minimum atomic E-state index is -4.89. The van der Waals surface area contributed by atoms with E-state index < -0.39 is 17.5 Å². The zero-order chi connectivity index (χ0) is 11.0. The first-order valence-electron chi connectivity index (χ1n) is 3.59. The van der Waals surface area contributed by atoms with Crippen LogP contribution in [0.3, 0.4) is 0 Å². The maximum atomic E-state index is 12.2. The predicted octanol–water partition coefficient (Wildman–Crippen LogP) is 2.12. The molecule has 0 aliphatic heterocycles. The van der Waals surface area contributed by atoms with Gasteiger partial charge in [0.15, 0.2) is 0 Å². The van der Waals surface area contributed by atoms with Gasteiger partial charge in [0, 0.05) is 10.0 Å². The van der Waals surface area contributed by atoms with E-state index in [9.17, 15) is 13.2 Å². The highest BCUT2D eigenvalue weighted by Gasteiger charge is 2.52. The largest absolute Gasteiger partial charge is 0.435 e. The first-order valence-corrected chi connectivity index (χ1v) is 4.38. The van der Waals surface area contributed by atoms with Crippen molar-refractivity contribution in [3.05, 3.63) is 34.3 Å². The Morgan fingerprint density at radius 3 is 1.93 bits per heavy atom. The highest BCUT2D eigenvalue weighted by molar-refractivity contribution is 9.10. The van der Waals surface area contributed by atoms with Crippen molar-refractivity contribution in [2.24, 2.45) is 5.73 Å². The van der Waals surface area contributed by atoms with E-state index in [1.807, 2.05) is 0 Å². The fraction of sp³-hybridized carbons (Fsp3) is 0.250. The lowest BCUT2D eigenvalue weighted by Crippen LogP contribution is -2.50. The Hall–Kier alpha value is -0.590. The summed E-state index contributed by atoms with van der Waals surface area (Å²) in [5.41, 5.74) is 1.09. The van der Waals surface area contributed by atoms with Gasteiger partial charge in [0.25, 0.3) is 0 Å². The lowest BCUT2D eigenvalue weighted by molar-refractivity contribution is -0.264. The van der Waals surface area contributed by atoms with Crippen molar-refractivity contribution < 1.29 is 18.3 Å². The fourth-order valence-corrected chi connectivity index (χ4v) is 1.13. The molecule has 78 valence electrons. The molecule has 0 radical (unpaired) electrons. The molecule has 0 aromatic heterocycles. The molecule has 0 fully saturated rings. The molecule has 3 N–H and O–H groups in total. The number of halogens is 4. The number of hydrogen-bond donors (Lipinski definition) is 2. The average molecular weight is 270 g/mol. The topological polar surface area (TPSA) is 46.2 Å². The summed E-state index contributed by atoms with van der Waals surface area (Å²) in [5, 5.41) is 9.05. The molecule has 0 saturated heterocycles. The van der Waals surface area contributed by atoms with Crippen LogP contribution in [0.5, 0.6) is 0 Å². The lowest BCUT2D eigenvalue weighted by atomic mass is 10.0. The Balaban J connectivity index is 3.10. The third-order valence-corrected chi connectivity index (χ3v) is 2.25. The Bertz CT molecular complexity index is 320. The quantitative estimate of drug-likeness (QED) is 0.768. The van der Waals surface area contributed by atoms with Crippen LogP contribution in [0.25, 0.3) is 0 Å². The van der Waals surface area contributed by atoms with Crippen molar-refractivity contribution >= 4 is 15.9 Å². The van der Waals surface area contributed by atoms with Crippen molar-refractivity contribution in [2.75, 3.05) is 0 Å². The van der Waals surface area contributed by atoms with Crippen molar-refractivity contribution in [1.82, 2.24) is 0 Å². The zero-order valence-electron chi connectivity index (χ0n) is 6.85. The van der Waals surface area contributed by atoms with E-state index in [1.54, 1.807) is 0 Å². The summed E-state index contributed by atoms with van der Waals surface area (Å²) in [7, 11) is 0. The minimum absolute atomic E-state index is 0.395. The van der Waals surface area contributed by atoms with Gasteiger partial charge in [-0.1, -0.05) is 28.1 Å². The molecule has 6 heteroatoms. The predicted molar refractivity (Wildman–Crippen MR) is 48.3 cm³/mol. The normalized spacial score (nSPS) is 16.4. The smallest absolute Gasteiger partial charge is 0.364 e. The van der Waals surface area contributed by atoms with Crippen LogP contribution < -0.4 is 5.73 Å². The Morgan fingerprint density at radius 2 is 1.57 bits per heavy atom. The summed E-state index contributed by atoms with van der Waals surface area (Å²) in [4.78, 5) is 0. The summed E-state index contributed by atoms with van der Waals surface area (Å²) in [5.74, 6) is 0. The Morgan fingerprint density at radius 1 is 1.14 bits per heavy atom. The zero-order valence-corrected chi connectivity index (χ0v) is 8.43. The maximum absolute atomic E-state index is 12.2. The Kier molecular flexibility index (Phi) is 2.89. The van der Waals surface area contributed by atoms with Gasteiger partial charge in [0.1, 0.15) is 0 Å². The van der Waals surface area contributed by atoms with Gasteiger partial charge in [0.05, 0.1) is 0 Å². The summed E-state index contributed by atoms with van der Waals surface area (Å²) in [6.07, 6.45) is -4.89. The second-order valence-electron chi connectivity index (χ2n) is 2.77. The molecule has 1 rings (SSSR count). The summed E-state index contributed by atoms with van der Waals surface area (Å²) < 4.78 is 37.3. The van der Waals surface area contributed by atoms with Crippen LogP contribution in [0.2, 0.25) is 0 Å². The SMILES string of the molecule is N[C@](O)(c1ccc(Br)cc1)C(F)(F)F. The second kappa shape index (κ2) is 3.52. The molecule has 1 aromatic rings. The van der Waals surface area contributed by atoms with Gasteiger partial charge in [-0.15, -0.1) is 0 Å². The molecule has 0 aliphatic carbocycles. The lowest BCUT2D eigenvalue weighted by Gasteiger charge is -2.26. The van der Waals surface area contributed by atoms with E-state index in [-0.39, 0.29) is 0 Å². The van der Waals surface area contributed by atoms with Crippen LogP contribution in [0.15, 0.2) is 28.7 Å². The number of aliphatic hydroxyl groups is 1. The first-order chi connectivity index (χ1) is 6.25. The van der Waals surface area contributed by atoms with Crippen LogP contribution >= 0.6 is 15.9 Å². The van der Waals surface area contributed by atoms with Crippen LogP contribution in [0.4, 0.5) is 13.2 Å². The molecule has 2 nitrogen and oxygen atoms in total. The molecule has 0 unspecified atom stereocenters. The minimum Gasteiger partial charge on any atom is -0.364 e. The van der Waals surface area contributed by atoms with Crippen LogP contribution in [0, 0.1) is 0 Å². The highest BCUT2D eigenvalue weighted by atomic mass is 79.9. The number of hydrogen-bond acceptors (Lipinski definition) is 2. The highest BCUT2D eigenvalue weighted by Crippen LogP contribution is 2.34. The third kappa shape index (κ3) is 2.08. The molecule has 1 aromatic carbocycles. The van der Waals surface area contributed by atoms with Gasteiger partial charge in [-0.2, -0.15) is 13.2 Å². The monoisotopic (exact) mass is 269 g/mol. The molecule has 0 aliphatic rings. The summed E-state index contributed by atoms with van der Waals surface area (Å²) in [6.45, 7) is 0. The van der Waals surface area contributed by atoms with Gasteiger partial charge in [0.2, 0.25) is 5.72 Å². The molecule has 14 heavy (non-hydrogen) atoms.